The molecule has 2 aromatic heterocycles. The molecule has 0 amide bonds. The highest BCUT2D eigenvalue weighted by atomic mass is 16.3. The van der Waals surface area contributed by atoms with Crippen molar-refractivity contribution < 1.29 is 9.90 Å². The van der Waals surface area contributed by atoms with Crippen molar-refractivity contribution in [1.82, 2.24) is 19.1 Å². The molecule has 0 aromatic carbocycles. The first kappa shape index (κ1) is 14.0. The number of aliphatic hydroxyl groups is 1. The lowest BCUT2D eigenvalue weighted by molar-refractivity contribution is 0.0767. The number of likely N-dealkylation sites (tertiary alicyclic amines) is 1. The number of hydrogen-bond acceptors (Lipinski definition) is 5. The van der Waals surface area contributed by atoms with Crippen LogP contribution in [0.2, 0.25) is 0 Å². The molecule has 3 heterocycles. The van der Waals surface area contributed by atoms with Crippen LogP contribution in [-0.4, -0.2) is 56.3 Å². The molecule has 0 bridgehead atoms. The van der Waals surface area contributed by atoms with Crippen molar-refractivity contribution in [3.05, 3.63) is 34.9 Å². The Kier molecular flexibility index (Phi) is 3.85. The first-order chi connectivity index (χ1) is 10.2. The van der Waals surface area contributed by atoms with Gasteiger partial charge in [-0.15, -0.1) is 9.78 Å². The van der Waals surface area contributed by atoms with Gasteiger partial charge in [-0.3, -0.25) is 9.69 Å². The maximum absolute atomic E-state index is 12.3. The number of aliphatic hydroxyl groups excluding tert-OH is 1. The summed E-state index contributed by atoms with van der Waals surface area (Å²) in [6.45, 7) is 1.91. The van der Waals surface area contributed by atoms with Crippen molar-refractivity contribution in [3.8, 4) is 0 Å². The van der Waals surface area contributed by atoms with Gasteiger partial charge in [0, 0.05) is 12.8 Å². The molecule has 1 aliphatic heterocycles. The SMILES string of the molecule is O=C(CN1CCC(CO)CC1)n1nc2ccccn2c1=O. The third-order valence-corrected chi connectivity index (χ3v) is 3.99. The van der Waals surface area contributed by atoms with Crippen LogP contribution in [0.4, 0.5) is 0 Å². The van der Waals surface area contributed by atoms with Gasteiger partial charge in [-0.1, -0.05) is 6.07 Å². The van der Waals surface area contributed by atoms with E-state index < -0.39 is 5.69 Å². The highest BCUT2D eigenvalue weighted by molar-refractivity contribution is 5.80. The largest absolute Gasteiger partial charge is 0.396 e. The Labute approximate surface area is 121 Å². The van der Waals surface area contributed by atoms with Gasteiger partial charge in [0.2, 0.25) is 0 Å². The molecule has 1 N–H and O–H groups in total. The predicted octanol–water partition coefficient (Wildman–Crippen LogP) is -0.160. The molecule has 0 atom stereocenters. The number of hydrogen-bond donors (Lipinski definition) is 1. The summed E-state index contributed by atoms with van der Waals surface area (Å²) in [7, 11) is 0. The minimum atomic E-state index is -0.430. The molecule has 112 valence electrons. The van der Waals surface area contributed by atoms with Gasteiger partial charge in [-0.05, 0) is 44.0 Å². The van der Waals surface area contributed by atoms with E-state index >= 15 is 0 Å². The molecule has 3 rings (SSSR count). The fraction of sp³-hybridized carbons (Fsp3) is 0.500. The molecule has 0 aliphatic carbocycles. The second-order valence-electron chi connectivity index (χ2n) is 5.42. The van der Waals surface area contributed by atoms with Crippen LogP contribution in [0.1, 0.15) is 17.6 Å². The summed E-state index contributed by atoms with van der Waals surface area (Å²) >= 11 is 0. The molecule has 7 heteroatoms. The van der Waals surface area contributed by atoms with Crippen LogP contribution in [0.25, 0.3) is 5.65 Å². The summed E-state index contributed by atoms with van der Waals surface area (Å²) in [6, 6.07) is 5.19. The second kappa shape index (κ2) is 5.79. The van der Waals surface area contributed by atoms with Crippen molar-refractivity contribution in [2.75, 3.05) is 26.2 Å². The monoisotopic (exact) mass is 290 g/mol. The van der Waals surface area contributed by atoms with Crippen LogP contribution in [0.5, 0.6) is 0 Å². The van der Waals surface area contributed by atoms with Gasteiger partial charge in [0.05, 0.1) is 6.54 Å². The van der Waals surface area contributed by atoms with E-state index in [0.717, 1.165) is 30.6 Å². The number of fused-ring (bicyclic) bond motifs is 1. The summed E-state index contributed by atoms with van der Waals surface area (Å²) in [5.74, 6) is 0.0143. The zero-order valence-corrected chi connectivity index (χ0v) is 11.7. The van der Waals surface area contributed by atoms with Gasteiger partial charge in [0.15, 0.2) is 5.65 Å². The molecule has 2 aromatic rings. The fourth-order valence-corrected chi connectivity index (χ4v) is 2.67. The van der Waals surface area contributed by atoms with Crippen molar-refractivity contribution in [2.24, 2.45) is 5.92 Å². The zero-order valence-electron chi connectivity index (χ0n) is 11.7. The molecule has 0 spiro atoms. The van der Waals surface area contributed by atoms with E-state index in [-0.39, 0.29) is 19.1 Å². The highest BCUT2D eigenvalue weighted by Crippen LogP contribution is 2.15. The van der Waals surface area contributed by atoms with Crippen LogP contribution in [0, 0.1) is 5.92 Å². The Morgan fingerprint density at radius 3 is 2.76 bits per heavy atom. The van der Waals surface area contributed by atoms with E-state index in [1.54, 1.807) is 24.4 Å². The van der Waals surface area contributed by atoms with Gasteiger partial charge in [-0.2, -0.15) is 0 Å². The maximum atomic E-state index is 12.3. The number of nitrogens with zero attached hydrogens (tertiary/aromatic N) is 4. The van der Waals surface area contributed by atoms with Crippen LogP contribution >= 0.6 is 0 Å². The highest BCUT2D eigenvalue weighted by Gasteiger charge is 2.22. The number of carbonyl (C=O) groups is 1. The normalized spacial score (nSPS) is 17.4. The topological polar surface area (TPSA) is 79.8 Å². The molecule has 1 aliphatic rings. The van der Waals surface area contributed by atoms with E-state index in [9.17, 15) is 9.59 Å². The van der Waals surface area contributed by atoms with E-state index in [0.29, 0.717) is 11.6 Å². The van der Waals surface area contributed by atoms with Crippen LogP contribution < -0.4 is 5.69 Å². The van der Waals surface area contributed by atoms with Gasteiger partial charge in [0.1, 0.15) is 0 Å². The molecule has 21 heavy (non-hydrogen) atoms. The lowest BCUT2D eigenvalue weighted by Gasteiger charge is -2.30. The molecular weight excluding hydrogens is 272 g/mol. The van der Waals surface area contributed by atoms with Crippen LogP contribution in [0.15, 0.2) is 29.2 Å². The molecular formula is C14H18N4O3. The molecule has 7 nitrogen and oxygen atoms in total. The third-order valence-electron chi connectivity index (χ3n) is 3.99. The summed E-state index contributed by atoms with van der Waals surface area (Å²) in [5, 5.41) is 13.2. The standard InChI is InChI=1S/C14H18N4O3/c19-10-11-4-7-16(8-5-11)9-13(20)18-14(21)17-6-2-1-3-12(17)15-18/h1-3,6,11,19H,4-5,7-10H2. The first-order valence-electron chi connectivity index (χ1n) is 7.12. The fourth-order valence-electron chi connectivity index (χ4n) is 2.67. The zero-order chi connectivity index (χ0) is 14.8. The van der Waals surface area contributed by atoms with Crippen molar-refractivity contribution in [1.29, 1.82) is 0 Å². The van der Waals surface area contributed by atoms with E-state index in [2.05, 4.69) is 5.10 Å². The summed E-state index contributed by atoms with van der Waals surface area (Å²) in [5.41, 5.74) is 0.0377. The average molecular weight is 290 g/mol. The molecule has 0 unspecified atom stereocenters. The Balaban J connectivity index is 1.73. The number of aromatic nitrogens is 3. The van der Waals surface area contributed by atoms with Crippen LogP contribution in [-0.2, 0) is 0 Å². The number of pyridine rings is 1. The Morgan fingerprint density at radius 2 is 2.10 bits per heavy atom. The third kappa shape index (κ3) is 2.74. The lowest BCUT2D eigenvalue weighted by Crippen LogP contribution is -2.41. The number of rotatable bonds is 3. The summed E-state index contributed by atoms with van der Waals surface area (Å²) < 4.78 is 2.30. The van der Waals surface area contributed by atoms with Crippen molar-refractivity contribution >= 4 is 11.6 Å². The summed E-state index contributed by atoms with van der Waals surface area (Å²) in [4.78, 5) is 26.4. The molecule has 1 saturated heterocycles. The van der Waals surface area contributed by atoms with Crippen molar-refractivity contribution in [2.45, 2.75) is 12.8 Å². The maximum Gasteiger partial charge on any atom is 0.357 e. The predicted molar refractivity (Wildman–Crippen MR) is 76.3 cm³/mol. The Morgan fingerprint density at radius 1 is 1.33 bits per heavy atom. The summed E-state index contributed by atoms with van der Waals surface area (Å²) in [6.07, 6.45) is 3.36. The van der Waals surface area contributed by atoms with Gasteiger partial charge < -0.3 is 5.11 Å². The van der Waals surface area contributed by atoms with E-state index in [1.165, 1.54) is 4.40 Å². The van der Waals surface area contributed by atoms with Gasteiger partial charge >= 0.3 is 5.69 Å². The molecule has 1 fully saturated rings. The van der Waals surface area contributed by atoms with E-state index in [4.69, 9.17) is 5.11 Å². The smallest absolute Gasteiger partial charge is 0.357 e. The molecule has 0 radical (unpaired) electrons. The quantitative estimate of drug-likeness (QED) is 0.849. The van der Waals surface area contributed by atoms with Gasteiger partial charge in [0.25, 0.3) is 5.91 Å². The minimum absolute atomic E-state index is 0.182. The van der Waals surface area contributed by atoms with Gasteiger partial charge in [-0.25, -0.2) is 9.20 Å². The number of carbonyl (C=O) groups excluding carboxylic acids is 1. The lowest BCUT2D eigenvalue weighted by atomic mass is 9.98. The first-order valence-corrected chi connectivity index (χ1v) is 7.12. The second-order valence-corrected chi connectivity index (χ2v) is 5.42. The minimum Gasteiger partial charge on any atom is -0.396 e. The van der Waals surface area contributed by atoms with Crippen molar-refractivity contribution in [3.63, 3.8) is 0 Å². The Bertz CT molecular complexity index is 698. The van der Waals surface area contributed by atoms with Crippen LogP contribution in [0.3, 0.4) is 0 Å². The molecule has 0 saturated carbocycles. The van der Waals surface area contributed by atoms with E-state index in [1.807, 2.05) is 4.90 Å². The average Bonchev–Trinajstić information content (AvgIpc) is 2.86. The number of piperidine rings is 1. The Hall–Kier alpha value is -1.99.